The summed E-state index contributed by atoms with van der Waals surface area (Å²) >= 11 is 0. The molecule has 1 amide bonds. The molecule has 0 saturated heterocycles. The van der Waals surface area contributed by atoms with Crippen LogP contribution in [0.3, 0.4) is 0 Å². The van der Waals surface area contributed by atoms with Gasteiger partial charge in [0, 0.05) is 44.4 Å². The van der Waals surface area contributed by atoms with Crippen molar-refractivity contribution in [3.63, 3.8) is 0 Å². The van der Waals surface area contributed by atoms with Crippen LogP contribution in [0.2, 0.25) is 0 Å². The van der Waals surface area contributed by atoms with Crippen molar-refractivity contribution in [3.05, 3.63) is 69.8 Å². The van der Waals surface area contributed by atoms with Gasteiger partial charge in [0.25, 0.3) is 11.6 Å². The van der Waals surface area contributed by atoms with Gasteiger partial charge in [-0.05, 0) is 18.1 Å². The van der Waals surface area contributed by atoms with Crippen molar-refractivity contribution in [3.8, 4) is 0 Å². The third kappa shape index (κ3) is 4.56. The van der Waals surface area contributed by atoms with E-state index in [4.69, 9.17) is 0 Å². The second-order valence-electron chi connectivity index (χ2n) is 6.08. The van der Waals surface area contributed by atoms with Crippen LogP contribution < -0.4 is 10.2 Å². The van der Waals surface area contributed by atoms with Gasteiger partial charge in [0.15, 0.2) is 0 Å². The van der Waals surface area contributed by atoms with Crippen molar-refractivity contribution in [1.29, 1.82) is 0 Å². The lowest BCUT2D eigenvalue weighted by atomic mass is 9.96. The topological polar surface area (TPSA) is 75.5 Å². The third-order valence-electron chi connectivity index (χ3n) is 4.19. The monoisotopic (exact) mass is 341 g/mol. The number of carbonyl (C=O) groups excluding carboxylic acids is 1. The van der Waals surface area contributed by atoms with Crippen LogP contribution >= 0.6 is 0 Å². The van der Waals surface area contributed by atoms with Crippen LogP contribution in [0, 0.1) is 10.1 Å². The third-order valence-corrected chi connectivity index (χ3v) is 4.19. The van der Waals surface area contributed by atoms with Gasteiger partial charge in [-0.2, -0.15) is 0 Å². The molecule has 2 rings (SSSR count). The van der Waals surface area contributed by atoms with Crippen molar-refractivity contribution in [1.82, 2.24) is 5.32 Å². The van der Waals surface area contributed by atoms with E-state index in [1.54, 1.807) is 25.1 Å². The summed E-state index contributed by atoms with van der Waals surface area (Å²) in [6, 6.07) is 14.3. The maximum absolute atomic E-state index is 12.6. The van der Waals surface area contributed by atoms with Crippen LogP contribution in [0.25, 0.3) is 0 Å². The quantitative estimate of drug-likeness (QED) is 0.617. The molecule has 132 valence electrons. The lowest BCUT2D eigenvalue weighted by Gasteiger charge is -2.19. The van der Waals surface area contributed by atoms with Gasteiger partial charge in [-0.25, -0.2) is 0 Å². The molecule has 1 unspecified atom stereocenters. The molecule has 1 N–H and O–H groups in total. The van der Waals surface area contributed by atoms with E-state index >= 15 is 0 Å². The average Bonchev–Trinajstić information content (AvgIpc) is 2.62. The Hall–Kier alpha value is -2.89. The molecule has 6 heteroatoms. The predicted molar refractivity (Wildman–Crippen MR) is 99.2 cm³/mol. The first-order valence-electron chi connectivity index (χ1n) is 8.23. The van der Waals surface area contributed by atoms with E-state index in [0.29, 0.717) is 17.8 Å². The van der Waals surface area contributed by atoms with Gasteiger partial charge in [0.1, 0.15) is 0 Å². The molecule has 25 heavy (non-hydrogen) atoms. The van der Waals surface area contributed by atoms with Crippen molar-refractivity contribution < 1.29 is 9.72 Å². The zero-order valence-electron chi connectivity index (χ0n) is 14.7. The number of nitro groups is 1. The number of anilines is 1. The molecule has 1 atom stereocenters. The number of non-ortho nitro benzene ring substituents is 1. The molecule has 0 aliphatic carbocycles. The summed E-state index contributed by atoms with van der Waals surface area (Å²) in [6.07, 6.45) is 0.889. The van der Waals surface area contributed by atoms with Gasteiger partial charge >= 0.3 is 0 Å². The SMILES string of the molecule is CCC(CNC(=O)c1cc([N+](=O)[O-])ccc1N(C)C)c1ccccc1. The van der Waals surface area contributed by atoms with Crippen LogP contribution in [0.4, 0.5) is 11.4 Å². The van der Waals surface area contributed by atoms with Crippen LogP contribution in [-0.4, -0.2) is 31.5 Å². The summed E-state index contributed by atoms with van der Waals surface area (Å²) in [5.74, 6) is -0.103. The number of nitrogens with one attached hydrogen (secondary N) is 1. The number of nitrogens with zero attached hydrogens (tertiary/aromatic N) is 2. The first-order valence-corrected chi connectivity index (χ1v) is 8.23. The number of nitro benzene ring substituents is 1. The Balaban J connectivity index is 2.19. The van der Waals surface area contributed by atoms with E-state index in [0.717, 1.165) is 12.0 Å². The second kappa shape index (κ2) is 8.28. The lowest BCUT2D eigenvalue weighted by molar-refractivity contribution is -0.384. The Kier molecular flexibility index (Phi) is 6.11. The van der Waals surface area contributed by atoms with E-state index in [1.165, 1.54) is 12.1 Å². The highest BCUT2D eigenvalue weighted by Crippen LogP contribution is 2.25. The molecule has 2 aromatic rings. The minimum absolute atomic E-state index is 0.0918. The van der Waals surface area contributed by atoms with Crippen molar-refractivity contribution in [2.45, 2.75) is 19.3 Å². The predicted octanol–water partition coefficient (Wildman–Crippen LogP) is 3.58. The Morgan fingerprint density at radius 1 is 1.20 bits per heavy atom. The Morgan fingerprint density at radius 3 is 2.44 bits per heavy atom. The fraction of sp³-hybridized carbons (Fsp3) is 0.316. The van der Waals surface area contributed by atoms with Crippen LogP contribution in [0.1, 0.15) is 35.2 Å². The minimum atomic E-state index is -0.491. The molecule has 0 spiro atoms. The van der Waals surface area contributed by atoms with Crippen molar-refractivity contribution in [2.75, 3.05) is 25.5 Å². The highest BCUT2D eigenvalue weighted by molar-refractivity contribution is 6.00. The number of benzene rings is 2. The van der Waals surface area contributed by atoms with E-state index in [2.05, 4.69) is 12.2 Å². The van der Waals surface area contributed by atoms with Gasteiger partial charge < -0.3 is 10.2 Å². The first-order chi connectivity index (χ1) is 11.9. The van der Waals surface area contributed by atoms with Gasteiger partial charge in [0.2, 0.25) is 0 Å². The number of rotatable bonds is 7. The molecule has 0 aromatic heterocycles. The molecule has 6 nitrogen and oxygen atoms in total. The molecular formula is C19H23N3O3. The van der Waals surface area contributed by atoms with Gasteiger partial charge in [-0.3, -0.25) is 14.9 Å². The normalized spacial score (nSPS) is 11.6. The molecule has 0 aliphatic rings. The first kappa shape index (κ1) is 18.4. The summed E-state index contributed by atoms with van der Waals surface area (Å²) in [6.45, 7) is 2.55. The Labute approximate surface area is 147 Å². The van der Waals surface area contributed by atoms with Gasteiger partial charge in [-0.1, -0.05) is 37.3 Å². The maximum atomic E-state index is 12.6. The molecular weight excluding hydrogens is 318 g/mol. The van der Waals surface area contributed by atoms with Crippen molar-refractivity contribution in [2.24, 2.45) is 0 Å². The molecule has 2 aromatic carbocycles. The fourth-order valence-electron chi connectivity index (χ4n) is 2.74. The van der Waals surface area contributed by atoms with Gasteiger partial charge in [0.05, 0.1) is 10.5 Å². The van der Waals surface area contributed by atoms with Crippen LogP contribution in [-0.2, 0) is 0 Å². The van der Waals surface area contributed by atoms with E-state index < -0.39 is 4.92 Å². The molecule has 0 radical (unpaired) electrons. The molecule has 0 fully saturated rings. The van der Waals surface area contributed by atoms with Crippen LogP contribution in [0.5, 0.6) is 0 Å². The fourth-order valence-corrected chi connectivity index (χ4v) is 2.74. The van der Waals surface area contributed by atoms with E-state index in [1.807, 2.05) is 30.3 Å². The summed E-state index contributed by atoms with van der Waals surface area (Å²) in [5.41, 5.74) is 2.03. The maximum Gasteiger partial charge on any atom is 0.270 e. The number of carbonyl (C=O) groups is 1. The number of amides is 1. The van der Waals surface area contributed by atoms with Crippen LogP contribution in [0.15, 0.2) is 48.5 Å². The smallest absolute Gasteiger partial charge is 0.270 e. The molecule has 0 saturated carbocycles. The highest BCUT2D eigenvalue weighted by atomic mass is 16.6. The molecule has 0 bridgehead atoms. The minimum Gasteiger partial charge on any atom is -0.377 e. The zero-order valence-corrected chi connectivity index (χ0v) is 14.7. The Morgan fingerprint density at radius 2 is 1.88 bits per heavy atom. The number of hydrogen-bond acceptors (Lipinski definition) is 4. The standard InChI is InChI=1S/C19H23N3O3/c1-4-14(15-8-6-5-7-9-15)13-20-19(23)17-12-16(22(24)25)10-11-18(17)21(2)3/h5-12,14H,4,13H2,1-3H3,(H,20,23). The van der Waals surface area contributed by atoms with E-state index in [9.17, 15) is 14.9 Å². The highest BCUT2D eigenvalue weighted by Gasteiger charge is 2.19. The summed E-state index contributed by atoms with van der Waals surface area (Å²) in [4.78, 5) is 24.9. The number of hydrogen-bond donors (Lipinski definition) is 1. The van der Waals surface area contributed by atoms with Gasteiger partial charge in [-0.15, -0.1) is 0 Å². The molecule has 0 heterocycles. The summed E-state index contributed by atoms with van der Waals surface area (Å²) in [7, 11) is 3.60. The molecule has 0 aliphatic heterocycles. The largest absolute Gasteiger partial charge is 0.377 e. The van der Waals surface area contributed by atoms with Crippen molar-refractivity contribution >= 4 is 17.3 Å². The Bertz CT molecular complexity index is 745. The second-order valence-corrected chi connectivity index (χ2v) is 6.08. The average molecular weight is 341 g/mol. The van der Waals surface area contributed by atoms with E-state index in [-0.39, 0.29) is 17.5 Å². The lowest BCUT2D eigenvalue weighted by Crippen LogP contribution is -2.29. The summed E-state index contributed by atoms with van der Waals surface area (Å²) in [5, 5.41) is 13.9. The zero-order chi connectivity index (χ0) is 18.4. The summed E-state index contributed by atoms with van der Waals surface area (Å²) < 4.78 is 0.